The summed E-state index contributed by atoms with van der Waals surface area (Å²) in [6.45, 7) is 2.26. The number of anilines is 1. The molecule has 0 fully saturated rings. The van der Waals surface area contributed by atoms with Gasteiger partial charge < -0.3 is 10.1 Å². The molecule has 0 saturated heterocycles. The zero-order valence-electron chi connectivity index (χ0n) is 14.9. The van der Waals surface area contributed by atoms with Crippen molar-refractivity contribution in [1.29, 1.82) is 0 Å². The first-order valence-electron chi connectivity index (χ1n) is 8.88. The van der Waals surface area contributed by atoms with E-state index in [1.165, 1.54) is 35.6 Å². The van der Waals surface area contributed by atoms with Crippen LogP contribution in [0.4, 0.5) is 10.7 Å². The minimum absolute atomic E-state index is 0.0815. The third-order valence-electron chi connectivity index (χ3n) is 4.38. The fraction of sp³-hybridized carbons (Fsp3) is 0.368. The molecule has 0 unspecified atom stereocenters. The quantitative estimate of drug-likeness (QED) is 0.450. The number of nitro groups is 1. The molecule has 1 aliphatic carbocycles. The Morgan fingerprint density at radius 2 is 1.93 bits per heavy atom. The van der Waals surface area contributed by atoms with E-state index in [1.807, 2.05) is 6.92 Å². The molecule has 1 aliphatic rings. The van der Waals surface area contributed by atoms with Crippen LogP contribution >= 0.6 is 11.3 Å². The number of nitro benzene ring substituents is 1. The molecule has 27 heavy (non-hydrogen) atoms. The molecule has 0 radical (unpaired) electrons. The third kappa shape index (κ3) is 4.16. The number of amides is 1. The van der Waals surface area contributed by atoms with E-state index < -0.39 is 16.8 Å². The van der Waals surface area contributed by atoms with Gasteiger partial charge in [0.1, 0.15) is 5.00 Å². The van der Waals surface area contributed by atoms with E-state index in [0.717, 1.165) is 42.5 Å². The number of rotatable bonds is 6. The first-order chi connectivity index (χ1) is 13.0. The van der Waals surface area contributed by atoms with Crippen LogP contribution in [0.1, 0.15) is 57.3 Å². The van der Waals surface area contributed by atoms with Gasteiger partial charge in [-0.15, -0.1) is 11.3 Å². The summed E-state index contributed by atoms with van der Waals surface area (Å²) in [7, 11) is 0. The van der Waals surface area contributed by atoms with Crippen molar-refractivity contribution in [2.75, 3.05) is 11.9 Å². The van der Waals surface area contributed by atoms with Crippen LogP contribution in [0.15, 0.2) is 24.3 Å². The fourth-order valence-electron chi connectivity index (χ4n) is 3.05. The predicted octanol–water partition coefficient (Wildman–Crippen LogP) is 4.35. The van der Waals surface area contributed by atoms with Crippen molar-refractivity contribution in [3.8, 4) is 0 Å². The third-order valence-corrected chi connectivity index (χ3v) is 5.59. The monoisotopic (exact) mass is 388 g/mol. The van der Waals surface area contributed by atoms with E-state index >= 15 is 0 Å². The molecular formula is C19H20N2O5S. The average Bonchev–Trinajstić information content (AvgIpc) is 3.04. The van der Waals surface area contributed by atoms with Crippen molar-refractivity contribution in [1.82, 2.24) is 0 Å². The Morgan fingerprint density at radius 1 is 1.22 bits per heavy atom. The summed E-state index contributed by atoms with van der Waals surface area (Å²) in [5, 5.41) is 14.0. The van der Waals surface area contributed by atoms with Crippen LogP contribution in [0.3, 0.4) is 0 Å². The van der Waals surface area contributed by atoms with Gasteiger partial charge in [-0.25, -0.2) is 4.79 Å². The molecule has 142 valence electrons. The van der Waals surface area contributed by atoms with Gasteiger partial charge in [0.2, 0.25) is 0 Å². The Hall–Kier alpha value is -2.74. The molecule has 1 aromatic carbocycles. The van der Waals surface area contributed by atoms with Gasteiger partial charge >= 0.3 is 5.97 Å². The first kappa shape index (κ1) is 19.0. The summed E-state index contributed by atoms with van der Waals surface area (Å²) in [4.78, 5) is 36.5. The summed E-state index contributed by atoms with van der Waals surface area (Å²) in [5.41, 5.74) is 1.64. The average molecular weight is 388 g/mol. The lowest BCUT2D eigenvalue weighted by Crippen LogP contribution is -2.16. The number of benzene rings is 1. The first-order valence-corrected chi connectivity index (χ1v) is 9.70. The Kier molecular flexibility index (Phi) is 5.85. The van der Waals surface area contributed by atoms with E-state index in [9.17, 15) is 19.7 Å². The van der Waals surface area contributed by atoms with Gasteiger partial charge in [-0.2, -0.15) is 0 Å². The van der Waals surface area contributed by atoms with Gasteiger partial charge in [-0.3, -0.25) is 14.9 Å². The number of aryl methyl sites for hydroxylation is 1. The highest BCUT2D eigenvalue weighted by Gasteiger charge is 2.27. The lowest BCUT2D eigenvalue weighted by Gasteiger charge is -2.12. The summed E-state index contributed by atoms with van der Waals surface area (Å²) < 4.78 is 5.31. The number of hydrogen-bond acceptors (Lipinski definition) is 6. The van der Waals surface area contributed by atoms with E-state index in [0.29, 0.717) is 22.7 Å². The standard InChI is InChI=1S/C19H20N2O5S/c1-2-11-26-19(23)16-14-5-3-4-6-15(14)27-18(16)20-17(22)12-7-9-13(10-8-12)21(24)25/h7-10H,2-6,11H2,1H3,(H,20,22). The molecule has 0 aliphatic heterocycles. The van der Waals surface area contributed by atoms with Crippen molar-refractivity contribution in [3.05, 3.63) is 55.9 Å². The maximum absolute atomic E-state index is 12.6. The van der Waals surface area contributed by atoms with Gasteiger partial charge in [-0.05, 0) is 49.8 Å². The van der Waals surface area contributed by atoms with E-state index in [2.05, 4.69) is 5.32 Å². The SMILES string of the molecule is CCCOC(=O)c1c(NC(=O)c2ccc([N+](=O)[O-])cc2)sc2c1CCCC2. The molecule has 0 saturated carbocycles. The van der Waals surface area contributed by atoms with Crippen LogP contribution in [0, 0.1) is 10.1 Å². The zero-order chi connectivity index (χ0) is 19.4. The predicted molar refractivity (Wildman–Crippen MR) is 103 cm³/mol. The number of nitrogens with zero attached hydrogens (tertiary/aromatic N) is 1. The topological polar surface area (TPSA) is 98.5 Å². The largest absolute Gasteiger partial charge is 0.462 e. The minimum Gasteiger partial charge on any atom is -0.462 e. The van der Waals surface area contributed by atoms with Crippen LogP contribution in [-0.4, -0.2) is 23.4 Å². The molecule has 0 bridgehead atoms. The Labute approximate surface area is 160 Å². The van der Waals surface area contributed by atoms with E-state index in [4.69, 9.17) is 4.74 Å². The number of esters is 1. The molecular weight excluding hydrogens is 368 g/mol. The summed E-state index contributed by atoms with van der Waals surface area (Å²) in [6, 6.07) is 5.36. The summed E-state index contributed by atoms with van der Waals surface area (Å²) >= 11 is 1.41. The lowest BCUT2D eigenvalue weighted by molar-refractivity contribution is -0.384. The fourth-order valence-corrected chi connectivity index (χ4v) is 4.32. The Balaban J connectivity index is 1.87. The molecule has 1 amide bonds. The van der Waals surface area contributed by atoms with Gasteiger partial charge in [0.05, 0.1) is 17.1 Å². The number of fused-ring (bicyclic) bond motifs is 1. The summed E-state index contributed by atoms with van der Waals surface area (Å²) in [5.74, 6) is -0.816. The summed E-state index contributed by atoms with van der Waals surface area (Å²) in [6.07, 6.45) is 4.49. The smallest absolute Gasteiger partial charge is 0.341 e. The Morgan fingerprint density at radius 3 is 2.59 bits per heavy atom. The normalized spacial score (nSPS) is 12.9. The maximum Gasteiger partial charge on any atom is 0.341 e. The van der Waals surface area contributed by atoms with Crippen molar-refractivity contribution < 1.29 is 19.2 Å². The van der Waals surface area contributed by atoms with Crippen molar-refractivity contribution in [3.63, 3.8) is 0 Å². The second kappa shape index (κ2) is 8.30. The molecule has 3 rings (SSSR count). The highest BCUT2D eigenvalue weighted by molar-refractivity contribution is 7.17. The van der Waals surface area contributed by atoms with Gasteiger partial charge in [0.25, 0.3) is 11.6 Å². The maximum atomic E-state index is 12.6. The number of thiophene rings is 1. The van der Waals surface area contributed by atoms with Crippen LogP contribution in [-0.2, 0) is 17.6 Å². The molecule has 1 N–H and O–H groups in total. The highest BCUT2D eigenvalue weighted by Crippen LogP contribution is 2.38. The number of nitrogens with one attached hydrogen (secondary N) is 1. The molecule has 1 heterocycles. The van der Waals surface area contributed by atoms with Crippen molar-refractivity contribution in [2.45, 2.75) is 39.0 Å². The Bertz CT molecular complexity index is 873. The number of ether oxygens (including phenoxy) is 1. The van der Waals surface area contributed by atoms with Crippen LogP contribution in [0.2, 0.25) is 0 Å². The van der Waals surface area contributed by atoms with E-state index in [1.54, 1.807) is 0 Å². The number of carbonyl (C=O) groups is 2. The lowest BCUT2D eigenvalue weighted by atomic mass is 9.95. The van der Waals surface area contributed by atoms with Crippen molar-refractivity contribution >= 4 is 33.9 Å². The molecule has 0 spiro atoms. The second-order valence-electron chi connectivity index (χ2n) is 6.31. The van der Waals surface area contributed by atoms with Crippen LogP contribution in [0.25, 0.3) is 0 Å². The molecule has 2 aromatic rings. The molecule has 8 heteroatoms. The van der Waals surface area contributed by atoms with Crippen LogP contribution < -0.4 is 5.32 Å². The number of non-ortho nitro benzene ring substituents is 1. The van der Waals surface area contributed by atoms with E-state index in [-0.39, 0.29) is 5.69 Å². The second-order valence-corrected chi connectivity index (χ2v) is 7.41. The highest BCUT2D eigenvalue weighted by atomic mass is 32.1. The number of carbonyl (C=O) groups excluding carboxylic acids is 2. The van der Waals surface area contributed by atoms with Crippen molar-refractivity contribution in [2.24, 2.45) is 0 Å². The molecule has 7 nitrogen and oxygen atoms in total. The van der Waals surface area contributed by atoms with Gasteiger partial charge in [0, 0.05) is 22.6 Å². The zero-order valence-corrected chi connectivity index (χ0v) is 15.8. The minimum atomic E-state index is -0.517. The van der Waals surface area contributed by atoms with Gasteiger partial charge in [-0.1, -0.05) is 6.92 Å². The molecule has 1 aromatic heterocycles. The van der Waals surface area contributed by atoms with Crippen LogP contribution in [0.5, 0.6) is 0 Å². The molecule has 0 atom stereocenters. The number of hydrogen-bond donors (Lipinski definition) is 1. The van der Waals surface area contributed by atoms with Gasteiger partial charge in [0.15, 0.2) is 0 Å².